The van der Waals surface area contributed by atoms with Gasteiger partial charge in [0.1, 0.15) is 5.25 Å². The number of nitrogens with two attached hydrogens (primary N) is 1. The van der Waals surface area contributed by atoms with E-state index in [4.69, 9.17) is 18.0 Å². The van der Waals surface area contributed by atoms with Crippen molar-refractivity contribution in [3.63, 3.8) is 0 Å². The molecule has 1 heterocycles. The molecule has 1 atom stereocenters. The van der Waals surface area contributed by atoms with Gasteiger partial charge in [0.25, 0.3) is 0 Å². The number of thiocarbonyl (C=S) groups is 1. The van der Waals surface area contributed by atoms with Gasteiger partial charge in [0, 0.05) is 32.2 Å². The molecule has 2 N–H and O–H groups in total. The van der Waals surface area contributed by atoms with Gasteiger partial charge in [-0.1, -0.05) is 19.1 Å². The van der Waals surface area contributed by atoms with Crippen molar-refractivity contribution in [1.29, 1.82) is 0 Å². The second-order valence-corrected chi connectivity index (χ2v) is 7.60. The summed E-state index contributed by atoms with van der Waals surface area (Å²) in [5.41, 5.74) is 5.54. The number of hydrogen-bond acceptors (Lipinski definition) is 4. The lowest BCUT2D eigenvalue weighted by molar-refractivity contribution is 0.180. The predicted octanol–water partition coefficient (Wildman–Crippen LogP) is 0.161. The van der Waals surface area contributed by atoms with Crippen LogP contribution >= 0.6 is 12.2 Å². The van der Waals surface area contributed by atoms with Crippen molar-refractivity contribution < 1.29 is 8.42 Å². The van der Waals surface area contributed by atoms with E-state index in [0.29, 0.717) is 25.6 Å². The zero-order valence-electron chi connectivity index (χ0n) is 10.7. The predicted molar refractivity (Wildman–Crippen MR) is 76.0 cm³/mol. The van der Waals surface area contributed by atoms with E-state index in [0.717, 1.165) is 13.1 Å². The van der Waals surface area contributed by atoms with Crippen LogP contribution in [0.4, 0.5) is 0 Å². The van der Waals surface area contributed by atoms with E-state index < -0.39 is 15.3 Å². The first kappa shape index (κ1) is 14.2. The van der Waals surface area contributed by atoms with E-state index in [2.05, 4.69) is 4.90 Å². The van der Waals surface area contributed by atoms with Crippen LogP contribution in [-0.4, -0.2) is 60.1 Å². The maximum absolute atomic E-state index is 12.4. The molecule has 0 amide bonds. The number of sulfonamides is 1. The molecule has 5 nitrogen and oxygen atoms in total. The summed E-state index contributed by atoms with van der Waals surface area (Å²) >= 11 is 4.87. The number of piperazine rings is 1. The van der Waals surface area contributed by atoms with Gasteiger partial charge < -0.3 is 5.73 Å². The Bertz CT molecular complexity index is 412. The summed E-state index contributed by atoms with van der Waals surface area (Å²) in [6.07, 6.45) is 2.97. The third-order valence-corrected chi connectivity index (χ3v) is 6.57. The van der Waals surface area contributed by atoms with E-state index >= 15 is 0 Å². The molecular weight excluding hydrogens is 270 g/mol. The van der Waals surface area contributed by atoms with E-state index in [1.54, 1.807) is 4.31 Å². The molecule has 2 rings (SSSR count). The van der Waals surface area contributed by atoms with Crippen LogP contribution in [0.3, 0.4) is 0 Å². The fourth-order valence-electron chi connectivity index (χ4n) is 2.50. The van der Waals surface area contributed by atoms with Crippen molar-refractivity contribution in [2.75, 3.05) is 26.2 Å². The lowest BCUT2D eigenvalue weighted by Crippen LogP contribution is -2.53. The molecule has 1 saturated heterocycles. The van der Waals surface area contributed by atoms with Crippen LogP contribution in [0.1, 0.15) is 26.2 Å². The van der Waals surface area contributed by atoms with Gasteiger partial charge in [0.05, 0.1) is 4.99 Å². The fraction of sp³-hybridized carbons (Fsp3) is 0.909. The van der Waals surface area contributed by atoms with E-state index in [1.165, 1.54) is 12.8 Å². The lowest BCUT2D eigenvalue weighted by Gasteiger charge is -2.35. The summed E-state index contributed by atoms with van der Waals surface area (Å²) < 4.78 is 26.3. The first-order valence-electron chi connectivity index (χ1n) is 6.49. The summed E-state index contributed by atoms with van der Waals surface area (Å²) in [4.78, 5) is 2.47. The van der Waals surface area contributed by atoms with Crippen LogP contribution in [0.15, 0.2) is 0 Å². The van der Waals surface area contributed by atoms with Gasteiger partial charge in [0.2, 0.25) is 10.0 Å². The molecule has 104 valence electrons. The molecule has 0 bridgehead atoms. The average Bonchev–Trinajstić information content (AvgIpc) is 3.13. The maximum Gasteiger partial charge on any atom is 0.223 e. The molecule has 2 fully saturated rings. The van der Waals surface area contributed by atoms with E-state index in [1.807, 2.05) is 6.92 Å². The normalized spacial score (nSPS) is 24.9. The minimum absolute atomic E-state index is 0.0853. The monoisotopic (exact) mass is 291 g/mol. The quantitative estimate of drug-likeness (QED) is 0.731. The van der Waals surface area contributed by atoms with Gasteiger partial charge >= 0.3 is 0 Å². The fourth-order valence-corrected chi connectivity index (χ4v) is 4.78. The standard InChI is InChI=1S/C11H21N3O2S2/c1-2-10(11(12)17)18(15,16)14-7-5-13(6-8-14)9-3-4-9/h9-10H,2-8H2,1H3,(H2,12,17). The second kappa shape index (κ2) is 5.40. The highest BCUT2D eigenvalue weighted by molar-refractivity contribution is 7.92. The summed E-state index contributed by atoms with van der Waals surface area (Å²) in [7, 11) is -3.36. The Hall–Kier alpha value is -0.240. The maximum atomic E-state index is 12.4. The molecule has 1 saturated carbocycles. The molecule has 0 radical (unpaired) electrons. The zero-order valence-corrected chi connectivity index (χ0v) is 12.3. The zero-order chi connectivity index (χ0) is 13.3. The second-order valence-electron chi connectivity index (χ2n) is 5.01. The Morgan fingerprint density at radius 3 is 2.28 bits per heavy atom. The smallest absolute Gasteiger partial charge is 0.223 e. The topological polar surface area (TPSA) is 66.6 Å². The summed E-state index contributed by atoms with van der Waals surface area (Å²) in [5, 5.41) is -0.708. The van der Waals surface area contributed by atoms with Crippen LogP contribution in [0.25, 0.3) is 0 Å². The molecular formula is C11H21N3O2S2. The molecule has 1 unspecified atom stereocenters. The highest BCUT2D eigenvalue weighted by Gasteiger charge is 2.37. The van der Waals surface area contributed by atoms with Gasteiger partial charge in [-0.25, -0.2) is 8.42 Å². The first-order chi connectivity index (χ1) is 8.46. The Kier molecular flexibility index (Phi) is 4.25. The third-order valence-electron chi connectivity index (χ3n) is 3.74. The average molecular weight is 291 g/mol. The van der Waals surface area contributed by atoms with Gasteiger partial charge in [-0.2, -0.15) is 4.31 Å². The largest absolute Gasteiger partial charge is 0.392 e. The van der Waals surface area contributed by atoms with Gasteiger partial charge in [-0.15, -0.1) is 0 Å². The highest BCUT2D eigenvalue weighted by atomic mass is 32.2. The van der Waals surface area contributed by atoms with E-state index in [-0.39, 0.29) is 4.99 Å². The van der Waals surface area contributed by atoms with Crippen LogP contribution < -0.4 is 5.73 Å². The van der Waals surface area contributed by atoms with Gasteiger partial charge in [-0.3, -0.25) is 4.90 Å². The Labute approximate surface area is 114 Å². The van der Waals surface area contributed by atoms with Crippen molar-refractivity contribution in [2.45, 2.75) is 37.5 Å². The molecule has 0 aromatic heterocycles. The number of nitrogens with zero attached hydrogens (tertiary/aromatic N) is 2. The number of rotatable bonds is 5. The lowest BCUT2D eigenvalue weighted by atomic mass is 10.3. The summed E-state index contributed by atoms with van der Waals surface area (Å²) in [6, 6.07) is 0.701. The molecule has 0 spiro atoms. The van der Waals surface area contributed by atoms with Crippen molar-refractivity contribution in [3.8, 4) is 0 Å². The SMILES string of the molecule is CCC(C(N)=S)S(=O)(=O)N1CCN(C2CC2)CC1. The molecule has 0 aromatic rings. The Balaban J connectivity index is 2.00. The summed E-state index contributed by atoms with van der Waals surface area (Å²) in [6.45, 7) is 4.60. The van der Waals surface area contributed by atoms with Gasteiger partial charge in [-0.05, 0) is 19.3 Å². The van der Waals surface area contributed by atoms with Crippen LogP contribution in [0.5, 0.6) is 0 Å². The highest BCUT2D eigenvalue weighted by Crippen LogP contribution is 2.28. The Morgan fingerprint density at radius 2 is 1.89 bits per heavy atom. The molecule has 7 heteroatoms. The van der Waals surface area contributed by atoms with Crippen molar-refractivity contribution >= 4 is 27.2 Å². The first-order valence-corrected chi connectivity index (χ1v) is 8.40. The van der Waals surface area contributed by atoms with Crippen molar-refractivity contribution in [1.82, 2.24) is 9.21 Å². The van der Waals surface area contributed by atoms with E-state index in [9.17, 15) is 8.42 Å². The third kappa shape index (κ3) is 2.84. The molecule has 18 heavy (non-hydrogen) atoms. The van der Waals surface area contributed by atoms with Gasteiger partial charge in [0.15, 0.2) is 0 Å². The Morgan fingerprint density at radius 1 is 1.33 bits per heavy atom. The molecule has 1 aliphatic carbocycles. The molecule has 2 aliphatic rings. The minimum Gasteiger partial charge on any atom is -0.392 e. The van der Waals surface area contributed by atoms with Crippen LogP contribution in [0.2, 0.25) is 0 Å². The molecule has 1 aliphatic heterocycles. The van der Waals surface area contributed by atoms with Crippen LogP contribution in [-0.2, 0) is 10.0 Å². The summed E-state index contributed by atoms with van der Waals surface area (Å²) in [5.74, 6) is 0. The minimum atomic E-state index is -3.36. The number of hydrogen-bond donors (Lipinski definition) is 1. The van der Waals surface area contributed by atoms with Crippen LogP contribution in [0, 0.1) is 0 Å². The van der Waals surface area contributed by atoms with Crippen molar-refractivity contribution in [3.05, 3.63) is 0 Å². The molecule has 0 aromatic carbocycles. The van der Waals surface area contributed by atoms with Crippen molar-refractivity contribution in [2.24, 2.45) is 5.73 Å².